The van der Waals surface area contributed by atoms with Crippen molar-refractivity contribution >= 4 is 5.91 Å². The van der Waals surface area contributed by atoms with E-state index in [2.05, 4.69) is 26.1 Å². The third kappa shape index (κ3) is 1.78. The maximum absolute atomic E-state index is 11.6. The second-order valence-electron chi connectivity index (χ2n) is 5.42. The van der Waals surface area contributed by atoms with Gasteiger partial charge in [-0.05, 0) is 25.7 Å². The highest BCUT2D eigenvalue weighted by atomic mass is 16.5. The lowest BCUT2D eigenvalue weighted by Crippen LogP contribution is -2.42. The van der Waals surface area contributed by atoms with Crippen molar-refractivity contribution in [1.29, 1.82) is 0 Å². The van der Waals surface area contributed by atoms with Crippen LogP contribution in [0.2, 0.25) is 0 Å². The Balaban J connectivity index is 2.17. The van der Waals surface area contributed by atoms with Crippen molar-refractivity contribution in [3.63, 3.8) is 0 Å². The van der Waals surface area contributed by atoms with E-state index in [-0.39, 0.29) is 17.4 Å². The lowest BCUT2D eigenvalue weighted by molar-refractivity contribution is -0.120. The number of carbonyl (C=O) groups is 1. The summed E-state index contributed by atoms with van der Waals surface area (Å²) in [6.45, 7) is 7.34. The summed E-state index contributed by atoms with van der Waals surface area (Å²) in [5.74, 6) is 0.830. The van der Waals surface area contributed by atoms with Gasteiger partial charge in [-0.2, -0.15) is 0 Å². The topological polar surface area (TPSA) is 38.3 Å². The summed E-state index contributed by atoms with van der Waals surface area (Å²) in [4.78, 5) is 11.6. The van der Waals surface area contributed by atoms with Gasteiger partial charge < -0.3 is 10.1 Å². The first-order valence-electron chi connectivity index (χ1n) is 5.95. The van der Waals surface area contributed by atoms with Crippen LogP contribution in [-0.4, -0.2) is 24.7 Å². The molecule has 86 valence electrons. The van der Waals surface area contributed by atoms with E-state index in [1.807, 2.05) is 0 Å². The third-order valence-corrected chi connectivity index (χ3v) is 3.97. The average Bonchev–Trinajstić information content (AvgIpc) is 2.60. The molecule has 2 aliphatic heterocycles. The summed E-state index contributed by atoms with van der Waals surface area (Å²) in [7, 11) is 0. The largest absolute Gasteiger partial charge is 0.378 e. The highest BCUT2D eigenvalue weighted by molar-refractivity contribution is 5.80. The molecule has 2 aliphatic rings. The molecule has 3 heteroatoms. The molecule has 0 aliphatic carbocycles. The van der Waals surface area contributed by atoms with Crippen LogP contribution in [0.25, 0.3) is 0 Å². The molecule has 2 rings (SSSR count). The van der Waals surface area contributed by atoms with E-state index in [0.717, 1.165) is 19.4 Å². The van der Waals surface area contributed by atoms with E-state index < -0.39 is 0 Å². The van der Waals surface area contributed by atoms with Gasteiger partial charge in [0.05, 0.1) is 6.10 Å². The first kappa shape index (κ1) is 10.9. The quantitative estimate of drug-likeness (QED) is 0.755. The fourth-order valence-electron chi connectivity index (χ4n) is 3.06. The molecular weight excluding hydrogens is 190 g/mol. The van der Waals surface area contributed by atoms with Crippen LogP contribution in [0.15, 0.2) is 0 Å². The number of hydrogen-bond donors (Lipinski definition) is 1. The number of carbonyl (C=O) groups excluding carboxylic acids is 1. The van der Waals surface area contributed by atoms with Gasteiger partial charge in [-0.25, -0.2) is 0 Å². The van der Waals surface area contributed by atoms with Gasteiger partial charge in [0.2, 0.25) is 5.91 Å². The van der Waals surface area contributed by atoms with Crippen LogP contribution >= 0.6 is 0 Å². The predicted octanol–water partition coefficient (Wildman–Crippen LogP) is 1.72. The average molecular weight is 211 g/mol. The van der Waals surface area contributed by atoms with E-state index in [4.69, 9.17) is 4.74 Å². The number of ether oxygens (including phenoxy) is 1. The van der Waals surface area contributed by atoms with Crippen LogP contribution in [0.4, 0.5) is 0 Å². The van der Waals surface area contributed by atoms with Gasteiger partial charge in [-0.15, -0.1) is 0 Å². The number of nitrogens with one attached hydrogen (secondary N) is 1. The van der Waals surface area contributed by atoms with Crippen LogP contribution in [0.5, 0.6) is 0 Å². The highest BCUT2D eigenvalue weighted by Gasteiger charge is 2.53. The molecule has 2 heterocycles. The first-order valence-corrected chi connectivity index (χ1v) is 5.95. The molecule has 1 spiro atoms. The smallest absolute Gasteiger partial charge is 0.220 e. The molecule has 15 heavy (non-hydrogen) atoms. The summed E-state index contributed by atoms with van der Waals surface area (Å²) < 4.78 is 5.66. The fourth-order valence-corrected chi connectivity index (χ4v) is 3.06. The van der Waals surface area contributed by atoms with Gasteiger partial charge in [0.15, 0.2) is 0 Å². The zero-order valence-corrected chi connectivity index (χ0v) is 9.88. The monoisotopic (exact) mass is 211 g/mol. The standard InChI is InChI=1S/C12H21NO2/c1-8(2)6-10-12(7-11(14)13-10)4-5-15-9(12)3/h8-10H,4-7H2,1-3H3,(H,13,14). The summed E-state index contributed by atoms with van der Waals surface area (Å²) in [6, 6.07) is 0.322. The molecule has 3 unspecified atom stereocenters. The van der Waals surface area contributed by atoms with Crippen molar-refractivity contribution in [3.8, 4) is 0 Å². The third-order valence-electron chi connectivity index (χ3n) is 3.97. The molecule has 0 aromatic carbocycles. The molecule has 0 bridgehead atoms. The Kier molecular flexibility index (Phi) is 2.75. The van der Waals surface area contributed by atoms with Gasteiger partial charge >= 0.3 is 0 Å². The van der Waals surface area contributed by atoms with E-state index in [0.29, 0.717) is 18.4 Å². The molecule has 1 amide bonds. The van der Waals surface area contributed by atoms with Crippen molar-refractivity contribution in [3.05, 3.63) is 0 Å². The first-order chi connectivity index (χ1) is 7.04. The van der Waals surface area contributed by atoms with Crippen molar-refractivity contribution < 1.29 is 9.53 Å². The van der Waals surface area contributed by atoms with Crippen molar-refractivity contribution in [2.45, 2.75) is 52.2 Å². The van der Waals surface area contributed by atoms with E-state index in [9.17, 15) is 4.79 Å². The van der Waals surface area contributed by atoms with Crippen molar-refractivity contribution in [2.75, 3.05) is 6.61 Å². The maximum Gasteiger partial charge on any atom is 0.220 e. The zero-order valence-electron chi connectivity index (χ0n) is 9.88. The molecule has 2 saturated heterocycles. The predicted molar refractivity (Wildman–Crippen MR) is 58.5 cm³/mol. The van der Waals surface area contributed by atoms with Crippen LogP contribution in [0.3, 0.4) is 0 Å². The SMILES string of the molecule is CC(C)CC1NC(=O)CC12CCOC2C. The van der Waals surface area contributed by atoms with Crippen LogP contribution in [0.1, 0.15) is 40.0 Å². The molecule has 3 nitrogen and oxygen atoms in total. The maximum atomic E-state index is 11.6. The van der Waals surface area contributed by atoms with Crippen molar-refractivity contribution in [1.82, 2.24) is 5.32 Å². The Hall–Kier alpha value is -0.570. The van der Waals surface area contributed by atoms with Crippen molar-refractivity contribution in [2.24, 2.45) is 11.3 Å². The van der Waals surface area contributed by atoms with Crippen LogP contribution in [0, 0.1) is 11.3 Å². The second kappa shape index (κ2) is 3.78. The fraction of sp³-hybridized carbons (Fsp3) is 0.917. The lowest BCUT2D eigenvalue weighted by atomic mass is 9.72. The van der Waals surface area contributed by atoms with Crippen LogP contribution < -0.4 is 5.32 Å². The molecule has 1 N–H and O–H groups in total. The number of hydrogen-bond acceptors (Lipinski definition) is 2. The summed E-state index contributed by atoms with van der Waals surface area (Å²) in [6.07, 6.45) is 2.98. The van der Waals surface area contributed by atoms with Gasteiger partial charge in [-0.3, -0.25) is 4.79 Å². The molecule has 0 aromatic heterocycles. The minimum absolute atomic E-state index is 0.0847. The number of rotatable bonds is 2. The summed E-state index contributed by atoms with van der Waals surface area (Å²) in [5.41, 5.74) is 0.0847. The molecule has 0 saturated carbocycles. The lowest BCUT2D eigenvalue weighted by Gasteiger charge is -2.33. The Labute approximate surface area is 91.6 Å². The highest BCUT2D eigenvalue weighted by Crippen LogP contribution is 2.46. The van der Waals surface area contributed by atoms with Crippen LogP contribution in [-0.2, 0) is 9.53 Å². The Morgan fingerprint density at radius 3 is 2.87 bits per heavy atom. The van der Waals surface area contributed by atoms with Gasteiger partial charge in [0.1, 0.15) is 0 Å². The van der Waals surface area contributed by atoms with E-state index in [1.165, 1.54) is 0 Å². The Bertz CT molecular complexity index is 264. The Morgan fingerprint density at radius 1 is 1.60 bits per heavy atom. The van der Waals surface area contributed by atoms with E-state index in [1.54, 1.807) is 0 Å². The van der Waals surface area contributed by atoms with Gasteiger partial charge in [-0.1, -0.05) is 13.8 Å². The molecule has 3 atom stereocenters. The Morgan fingerprint density at radius 2 is 2.33 bits per heavy atom. The minimum Gasteiger partial charge on any atom is -0.378 e. The zero-order chi connectivity index (χ0) is 11.1. The van der Waals surface area contributed by atoms with Gasteiger partial charge in [0.25, 0.3) is 0 Å². The molecule has 2 fully saturated rings. The summed E-state index contributed by atoms with van der Waals surface area (Å²) in [5, 5.41) is 3.13. The molecule has 0 radical (unpaired) electrons. The minimum atomic E-state index is 0.0847. The van der Waals surface area contributed by atoms with Gasteiger partial charge in [0, 0.05) is 24.5 Å². The number of amides is 1. The normalized spacial score (nSPS) is 40.4. The molecular formula is C12H21NO2. The second-order valence-corrected chi connectivity index (χ2v) is 5.42. The van der Waals surface area contributed by atoms with E-state index >= 15 is 0 Å². The molecule has 0 aromatic rings. The summed E-state index contributed by atoms with van der Waals surface area (Å²) >= 11 is 0.